The number of ether oxygens (including phenoxy) is 1. The lowest BCUT2D eigenvalue weighted by Gasteiger charge is -2.26. The largest absolute Gasteiger partial charge is 0.423 e. The third kappa shape index (κ3) is 4.21. The average molecular weight is 435 g/mol. The molecular weight excluding hydrogens is 408 g/mol. The molecule has 0 saturated heterocycles. The molecule has 1 aromatic heterocycles. The molecular formula is C25H26N2O3S. The number of thiophene rings is 1. The van der Waals surface area contributed by atoms with Gasteiger partial charge in [0, 0.05) is 4.88 Å². The first-order valence-corrected chi connectivity index (χ1v) is 11.1. The number of anilines is 1. The molecule has 0 spiro atoms. The highest BCUT2D eigenvalue weighted by molar-refractivity contribution is 7.16. The Kier molecular flexibility index (Phi) is 5.35. The van der Waals surface area contributed by atoms with Crippen molar-refractivity contribution >= 4 is 28.2 Å². The van der Waals surface area contributed by atoms with E-state index in [1.807, 2.05) is 38.1 Å². The van der Waals surface area contributed by atoms with Crippen LogP contribution in [0.15, 0.2) is 48.5 Å². The van der Waals surface area contributed by atoms with E-state index in [9.17, 15) is 9.59 Å². The minimum atomic E-state index is -0.397. The number of carbonyl (C=O) groups is 2. The lowest BCUT2D eigenvalue weighted by molar-refractivity contribution is 0.0734. The topological polar surface area (TPSA) is 67.4 Å². The van der Waals surface area contributed by atoms with Gasteiger partial charge in [-0.25, -0.2) is 4.79 Å². The van der Waals surface area contributed by atoms with E-state index >= 15 is 0 Å². The van der Waals surface area contributed by atoms with E-state index in [-0.39, 0.29) is 17.5 Å². The normalized spacial score (nSPS) is 15.6. The van der Waals surface area contributed by atoms with Crippen molar-refractivity contribution in [3.05, 3.63) is 81.2 Å². The molecule has 1 aliphatic heterocycles. The van der Waals surface area contributed by atoms with Gasteiger partial charge in [-0.1, -0.05) is 45.0 Å². The van der Waals surface area contributed by atoms with E-state index in [0.717, 1.165) is 32.1 Å². The number of hydrogen-bond donors (Lipinski definition) is 2. The van der Waals surface area contributed by atoms with Crippen LogP contribution in [0.1, 0.15) is 69.2 Å². The Hall–Kier alpha value is -3.12. The van der Waals surface area contributed by atoms with E-state index in [1.165, 1.54) is 0 Å². The fourth-order valence-electron chi connectivity index (χ4n) is 3.54. The van der Waals surface area contributed by atoms with Crippen LogP contribution in [0.3, 0.4) is 0 Å². The quantitative estimate of drug-likeness (QED) is 0.408. The van der Waals surface area contributed by atoms with E-state index in [2.05, 4.69) is 31.4 Å². The Labute approximate surface area is 186 Å². The molecule has 4 rings (SSSR count). The number of esters is 1. The molecule has 0 fully saturated rings. The maximum Gasteiger partial charge on any atom is 0.343 e. The first-order valence-electron chi connectivity index (χ1n) is 10.2. The van der Waals surface area contributed by atoms with Crippen LogP contribution >= 0.6 is 11.3 Å². The third-order valence-electron chi connectivity index (χ3n) is 5.57. The summed E-state index contributed by atoms with van der Waals surface area (Å²) in [5, 5.41) is 7.27. The van der Waals surface area contributed by atoms with Gasteiger partial charge in [-0.05, 0) is 60.2 Å². The molecule has 1 atom stereocenters. The number of rotatable bonds is 3. The molecule has 2 aromatic carbocycles. The molecule has 0 unspecified atom stereocenters. The highest BCUT2D eigenvalue weighted by Gasteiger charge is 2.29. The first kappa shape index (κ1) is 21.1. The Morgan fingerprint density at radius 1 is 0.968 bits per heavy atom. The zero-order chi connectivity index (χ0) is 22.3. The van der Waals surface area contributed by atoms with Crippen LogP contribution in [0.4, 0.5) is 5.00 Å². The molecule has 5 nitrogen and oxygen atoms in total. The summed E-state index contributed by atoms with van der Waals surface area (Å²) in [5.41, 5.74) is 4.33. The van der Waals surface area contributed by atoms with Crippen molar-refractivity contribution in [2.75, 3.05) is 5.32 Å². The molecule has 0 radical (unpaired) electrons. The van der Waals surface area contributed by atoms with Gasteiger partial charge in [-0.15, -0.1) is 11.3 Å². The summed E-state index contributed by atoms with van der Waals surface area (Å²) in [6.07, 6.45) is -0.327. The number of benzene rings is 2. The molecule has 0 aliphatic carbocycles. The number of amides is 1. The van der Waals surface area contributed by atoms with Gasteiger partial charge in [0.05, 0.1) is 11.1 Å². The second kappa shape index (κ2) is 7.85. The van der Waals surface area contributed by atoms with Crippen molar-refractivity contribution in [1.82, 2.24) is 5.32 Å². The van der Waals surface area contributed by atoms with Crippen molar-refractivity contribution in [2.45, 2.75) is 46.2 Å². The number of hydrogen-bond acceptors (Lipinski definition) is 5. The lowest BCUT2D eigenvalue weighted by atomic mass is 9.87. The summed E-state index contributed by atoms with van der Waals surface area (Å²) in [6.45, 7) is 10.4. The van der Waals surface area contributed by atoms with Gasteiger partial charge in [-0.3, -0.25) is 4.79 Å². The fourth-order valence-corrected chi connectivity index (χ4v) is 4.63. The highest BCUT2D eigenvalue weighted by atomic mass is 32.1. The Morgan fingerprint density at radius 2 is 1.61 bits per heavy atom. The van der Waals surface area contributed by atoms with E-state index in [1.54, 1.807) is 35.6 Å². The second-order valence-corrected chi connectivity index (χ2v) is 10.0. The van der Waals surface area contributed by atoms with Crippen LogP contribution in [-0.2, 0) is 5.41 Å². The number of fused-ring (bicyclic) bond motifs is 1. The summed E-state index contributed by atoms with van der Waals surface area (Å²) < 4.78 is 5.52. The van der Waals surface area contributed by atoms with Crippen LogP contribution in [-0.4, -0.2) is 11.9 Å². The molecule has 0 saturated carbocycles. The van der Waals surface area contributed by atoms with Crippen LogP contribution in [0.25, 0.3) is 0 Å². The van der Waals surface area contributed by atoms with Crippen LogP contribution in [0, 0.1) is 13.8 Å². The van der Waals surface area contributed by atoms with Gasteiger partial charge in [0.2, 0.25) is 0 Å². The SMILES string of the molecule is Cc1sc2c(c1C)C(=O)N[C@@H](c1ccc(OC(=O)c3ccc(C(C)(C)C)cc3)cc1)N2. The van der Waals surface area contributed by atoms with Gasteiger partial charge in [0.15, 0.2) is 0 Å². The van der Waals surface area contributed by atoms with Crippen molar-refractivity contribution in [1.29, 1.82) is 0 Å². The van der Waals surface area contributed by atoms with Crippen molar-refractivity contribution < 1.29 is 14.3 Å². The van der Waals surface area contributed by atoms with Crippen molar-refractivity contribution in [3.63, 3.8) is 0 Å². The van der Waals surface area contributed by atoms with Gasteiger partial charge in [0.25, 0.3) is 5.91 Å². The highest BCUT2D eigenvalue weighted by Crippen LogP contribution is 2.37. The maximum atomic E-state index is 12.5. The lowest BCUT2D eigenvalue weighted by Crippen LogP contribution is -2.38. The smallest absolute Gasteiger partial charge is 0.343 e. The first-order chi connectivity index (χ1) is 14.6. The second-order valence-electron chi connectivity index (χ2n) is 8.82. The third-order valence-corrected chi connectivity index (χ3v) is 6.71. The zero-order valence-electron chi connectivity index (χ0n) is 18.3. The van der Waals surface area contributed by atoms with Crippen LogP contribution < -0.4 is 15.4 Å². The summed E-state index contributed by atoms with van der Waals surface area (Å²) >= 11 is 1.59. The molecule has 31 heavy (non-hydrogen) atoms. The van der Waals surface area contributed by atoms with Crippen LogP contribution in [0.2, 0.25) is 0 Å². The van der Waals surface area contributed by atoms with Crippen molar-refractivity contribution in [3.8, 4) is 5.75 Å². The number of aryl methyl sites for hydroxylation is 1. The van der Waals surface area contributed by atoms with Crippen LogP contribution in [0.5, 0.6) is 5.75 Å². The molecule has 0 bridgehead atoms. The molecule has 6 heteroatoms. The molecule has 3 aromatic rings. The van der Waals surface area contributed by atoms with Gasteiger partial charge < -0.3 is 15.4 Å². The molecule has 2 heterocycles. The standard InChI is InChI=1S/C25H26N2O3S/c1-14-15(2)31-23-20(14)22(28)26-21(27-23)16-8-12-19(13-9-16)30-24(29)17-6-10-18(11-7-17)25(3,4)5/h6-13,21,27H,1-5H3,(H,26,28)/t21-/m1/s1. The van der Waals surface area contributed by atoms with Gasteiger partial charge in [-0.2, -0.15) is 0 Å². The minimum absolute atomic E-state index is 0.0299. The van der Waals surface area contributed by atoms with Gasteiger partial charge >= 0.3 is 5.97 Å². The maximum absolute atomic E-state index is 12.5. The Bertz CT molecular complexity index is 1140. The van der Waals surface area contributed by atoms with Gasteiger partial charge in [0.1, 0.15) is 16.9 Å². The Morgan fingerprint density at radius 3 is 2.23 bits per heavy atom. The average Bonchev–Trinajstić information content (AvgIpc) is 3.02. The number of nitrogens with one attached hydrogen (secondary N) is 2. The van der Waals surface area contributed by atoms with E-state index in [0.29, 0.717) is 11.3 Å². The monoisotopic (exact) mass is 434 g/mol. The summed E-state index contributed by atoms with van der Waals surface area (Å²) in [4.78, 5) is 26.2. The predicted octanol–water partition coefficient (Wildman–Crippen LogP) is 5.74. The zero-order valence-corrected chi connectivity index (χ0v) is 19.1. The van der Waals surface area contributed by atoms with E-state index in [4.69, 9.17) is 4.74 Å². The summed E-state index contributed by atoms with van der Waals surface area (Å²) in [6, 6.07) is 14.7. The number of carbonyl (C=O) groups excluding carboxylic acids is 2. The summed E-state index contributed by atoms with van der Waals surface area (Å²) in [7, 11) is 0. The van der Waals surface area contributed by atoms with Crippen molar-refractivity contribution in [2.24, 2.45) is 0 Å². The summed E-state index contributed by atoms with van der Waals surface area (Å²) in [5.74, 6) is -0.0134. The van der Waals surface area contributed by atoms with E-state index < -0.39 is 5.97 Å². The Balaban J connectivity index is 1.45. The molecule has 160 valence electrons. The molecule has 2 N–H and O–H groups in total. The molecule has 1 amide bonds. The minimum Gasteiger partial charge on any atom is -0.423 e. The predicted molar refractivity (Wildman–Crippen MR) is 124 cm³/mol. The fraction of sp³-hybridized carbons (Fsp3) is 0.280. The molecule has 1 aliphatic rings.